The highest BCUT2D eigenvalue weighted by Gasteiger charge is 2.32. The van der Waals surface area contributed by atoms with E-state index in [9.17, 15) is 9.59 Å². The van der Waals surface area contributed by atoms with Crippen LogP contribution in [0.3, 0.4) is 0 Å². The van der Waals surface area contributed by atoms with E-state index in [1.54, 1.807) is 6.92 Å². The number of hydrogen-bond acceptors (Lipinski definition) is 7. The van der Waals surface area contributed by atoms with Gasteiger partial charge < -0.3 is 19.9 Å². The van der Waals surface area contributed by atoms with E-state index < -0.39 is 0 Å². The van der Waals surface area contributed by atoms with Gasteiger partial charge in [-0.2, -0.15) is 0 Å². The molecule has 0 aliphatic carbocycles. The molecule has 2 fully saturated rings. The first-order valence-electron chi connectivity index (χ1n) is 11.5. The number of carbonyl (C=O) groups is 2. The van der Waals surface area contributed by atoms with Crippen LogP contribution in [0.2, 0.25) is 0 Å². The first-order chi connectivity index (χ1) is 15.1. The predicted molar refractivity (Wildman–Crippen MR) is 117 cm³/mol. The number of fused-ring (bicyclic) bond motifs is 1. The SMILES string of the molecule is CNc1nc([C@@H]2CCCCN2C(=O)CCN2CCOCC2)nc2c1CCN(C(C)=O)C2. The van der Waals surface area contributed by atoms with Gasteiger partial charge in [0.15, 0.2) is 5.82 Å². The quantitative estimate of drug-likeness (QED) is 0.751. The molecule has 0 radical (unpaired) electrons. The number of anilines is 1. The van der Waals surface area contributed by atoms with Gasteiger partial charge in [-0.3, -0.25) is 14.5 Å². The lowest BCUT2D eigenvalue weighted by atomic mass is 9.99. The standard InChI is InChI=1S/C22H34N6O3/c1-16(29)27-10-6-17-18(15-27)24-22(25-21(17)23-2)19-5-3-4-8-28(19)20(30)7-9-26-11-13-31-14-12-26/h19H,3-15H2,1-2H3,(H,23,24,25)/t19-/m0/s1. The molecule has 2 amide bonds. The van der Waals surface area contributed by atoms with Gasteiger partial charge in [0.05, 0.1) is 31.5 Å². The van der Waals surface area contributed by atoms with Crippen LogP contribution < -0.4 is 5.32 Å². The number of likely N-dealkylation sites (tertiary alicyclic amines) is 1. The molecule has 3 aliphatic rings. The maximum atomic E-state index is 13.2. The van der Waals surface area contributed by atoms with Gasteiger partial charge in [-0.1, -0.05) is 0 Å². The second kappa shape index (κ2) is 9.91. The molecule has 1 N–H and O–H groups in total. The number of hydrogen-bond donors (Lipinski definition) is 1. The number of nitrogens with one attached hydrogen (secondary N) is 1. The normalized spacial score (nSPS) is 22.2. The fourth-order valence-corrected chi connectivity index (χ4v) is 4.79. The van der Waals surface area contributed by atoms with Crippen LogP contribution in [0, 0.1) is 0 Å². The Labute approximate surface area is 184 Å². The minimum atomic E-state index is -0.101. The van der Waals surface area contributed by atoms with E-state index in [0.29, 0.717) is 25.3 Å². The molecular formula is C22H34N6O3. The van der Waals surface area contributed by atoms with Crippen LogP contribution in [0.15, 0.2) is 0 Å². The Hall–Kier alpha value is -2.26. The summed E-state index contributed by atoms with van der Waals surface area (Å²) in [5.74, 6) is 1.77. The van der Waals surface area contributed by atoms with Gasteiger partial charge in [0.2, 0.25) is 11.8 Å². The second-order valence-electron chi connectivity index (χ2n) is 8.60. The molecule has 0 bridgehead atoms. The van der Waals surface area contributed by atoms with Crippen molar-refractivity contribution in [2.24, 2.45) is 0 Å². The molecule has 3 aliphatic heterocycles. The number of piperidine rings is 1. The molecule has 31 heavy (non-hydrogen) atoms. The van der Waals surface area contributed by atoms with Gasteiger partial charge in [0.1, 0.15) is 5.82 Å². The first kappa shape index (κ1) is 22.0. The van der Waals surface area contributed by atoms with Crippen LogP contribution >= 0.6 is 0 Å². The zero-order valence-corrected chi connectivity index (χ0v) is 18.7. The molecule has 0 spiro atoms. The summed E-state index contributed by atoms with van der Waals surface area (Å²) in [6.45, 7) is 7.59. The van der Waals surface area contributed by atoms with Gasteiger partial charge in [0.25, 0.3) is 0 Å². The van der Waals surface area contributed by atoms with Crippen molar-refractivity contribution in [1.82, 2.24) is 24.7 Å². The average Bonchev–Trinajstić information content (AvgIpc) is 2.82. The molecule has 0 unspecified atom stereocenters. The minimum Gasteiger partial charge on any atom is -0.379 e. The number of aromatic nitrogens is 2. The van der Waals surface area contributed by atoms with Gasteiger partial charge in [-0.15, -0.1) is 0 Å². The summed E-state index contributed by atoms with van der Waals surface area (Å²) in [6, 6.07) is -0.101. The van der Waals surface area contributed by atoms with Crippen LogP contribution in [0.4, 0.5) is 5.82 Å². The highest BCUT2D eigenvalue weighted by Crippen LogP contribution is 2.32. The lowest BCUT2D eigenvalue weighted by Gasteiger charge is -2.36. The van der Waals surface area contributed by atoms with Crippen molar-refractivity contribution in [3.63, 3.8) is 0 Å². The van der Waals surface area contributed by atoms with Crippen molar-refractivity contribution in [1.29, 1.82) is 0 Å². The summed E-state index contributed by atoms with van der Waals surface area (Å²) in [7, 11) is 1.87. The zero-order valence-electron chi connectivity index (χ0n) is 18.7. The maximum Gasteiger partial charge on any atom is 0.224 e. The molecule has 9 heteroatoms. The molecule has 4 heterocycles. The lowest BCUT2D eigenvalue weighted by molar-refractivity contribution is -0.136. The molecule has 0 aromatic carbocycles. The fraction of sp³-hybridized carbons (Fsp3) is 0.727. The molecule has 1 aromatic rings. The summed E-state index contributed by atoms with van der Waals surface area (Å²) in [5.41, 5.74) is 1.99. The largest absolute Gasteiger partial charge is 0.379 e. The Morgan fingerprint density at radius 3 is 2.68 bits per heavy atom. The predicted octanol–water partition coefficient (Wildman–Crippen LogP) is 1.20. The van der Waals surface area contributed by atoms with Crippen LogP contribution in [-0.2, 0) is 27.3 Å². The molecule has 4 rings (SSSR count). The molecule has 9 nitrogen and oxygen atoms in total. The number of ether oxygens (including phenoxy) is 1. The number of amides is 2. The van der Waals surface area contributed by atoms with Gasteiger partial charge in [-0.05, 0) is 25.7 Å². The smallest absolute Gasteiger partial charge is 0.224 e. The number of morpholine rings is 1. The van der Waals surface area contributed by atoms with Crippen LogP contribution in [0.5, 0.6) is 0 Å². The Kier molecular flexibility index (Phi) is 7.02. The van der Waals surface area contributed by atoms with Crippen molar-refractivity contribution in [3.8, 4) is 0 Å². The zero-order chi connectivity index (χ0) is 21.8. The molecule has 1 aromatic heterocycles. The van der Waals surface area contributed by atoms with Crippen LogP contribution in [0.25, 0.3) is 0 Å². The maximum absolute atomic E-state index is 13.2. The Bertz CT molecular complexity index is 811. The van der Waals surface area contributed by atoms with Crippen molar-refractivity contribution in [2.75, 3.05) is 58.3 Å². The molecule has 2 saturated heterocycles. The summed E-state index contributed by atoms with van der Waals surface area (Å²) in [6.07, 6.45) is 4.22. The number of carbonyl (C=O) groups excluding carboxylic acids is 2. The Balaban J connectivity index is 1.52. The second-order valence-corrected chi connectivity index (χ2v) is 8.60. The van der Waals surface area contributed by atoms with E-state index in [0.717, 1.165) is 82.2 Å². The first-order valence-corrected chi connectivity index (χ1v) is 11.5. The summed E-state index contributed by atoms with van der Waals surface area (Å²) >= 11 is 0. The van der Waals surface area contributed by atoms with Gasteiger partial charge >= 0.3 is 0 Å². The van der Waals surface area contributed by atoms with Gasteiger partial charge in [-0.25, -0.2) is 9.97 Å². The summed E-state index contributed by atoms with van der Waals surface area (Å²) in [5, 5.41) is 3.21. The summed E-state index contributed by atoms with van der Waals surface area (Å²) < 4.78 is 5.40. The van der Waals surface area contributed by atoms with E-state index in [1.807, 2.05) is 16.8 Å². The third-order valence-electron chi connectivity index (χ3n) is 6.63. The molecule has 0 saturated carbocycles. The Morgan fingerprint density at radius 1 is 1.13 bits per heavy atom. The highest BCUT2D eigenvalue weighted by molar-refractivity contribution is 5.77. The average molecular weight is 431 g/mol. The monoisotopic (exact) mass is 430 g/mol. The minimum absolute atomic E-state index is 0.0643. The van der Waals surface area contributed by atoms with E-state index >= 15 is 0 Å². The topological polar surface area (TPSA) is 90.9 Å². The van der Waals surface area contributed by atoms with E-state index in [2.05, 4.69) is 10.2 Å². The Morgan fingerprint density at radius 2 is 1.94 bits per heavy atom. The van der Waals surface area contributed by atoms with Crippen LogP contribution in [-0.4, -0.2) is 89.5 Å². The van der Waals surface area contributed by atoms with E-state index in [1.165, 1.54) is 0 Å². The van der Waals surface area contributed by atoms with E-state index in [-0.39, 0.29) is 17.9 Å². The van der Waals surface area contributed by atoms with Crippen molar-refractivity contribution >= 4 is 17.6 Å². The molecule has 170 valence electrons. The summed E-state index contributed by atoms with van der Waals surface area (Å²) in [4.78, 5) is 40.9. The van der Waals surface area contributed by atoms with Crippen LogP contribution in [0.1, 0.15) is 55.7 Å². The van der Waals surface area contributed by atoms with Crippen molar-refractivity contribution < 1.29 is 14.3 Å². The number of rotatable bonds is 5. The lowest BCUT2D eigenvalue weighted by Crippen LogP contribution is -2.43. The molecular weight excluding hydrogens is 396 g/mol. The third kappa shape index (κ3) is 4.98. The van der Waals surface area contributed by atoms with E-state index in [4.69, 9.17) is 14.7 Å². The highest BCUT2D eigenvalue weighted by atomic mass is 16.5. The molecule has 1 atom stereocenters. The fourth-order valence-electron chi connectivity index (χ4n) is 4.79. The van der Waals surface area contributed by atoms with Crippen molar-refractivity contribution in [3.05, 3.63) is 17.1 Å². The number of nitrogens with zero attached hydrogens (tertiary/aromatic N) is 5. The van der Waals surface area contributed by atoms with Crippen molar-refractivity contribution in [2.45, 2.75) is 51.6 Å². The van der Waals surface area contributed by atoms with Gasteiger partial charge in [0, 0.05) is 58.7 Å². The third-order valence-corrected chi connectivity index (χ3v) is 6.63.